The van der Waals surface area contributed by atoms with Gasteiger partial charge in [0.15, 0.2) is 5.79 Å². The number of rotatable bonds is 8. The highest BCUT2D eigenvalue weighted by molar-refractivity contribution is 5.97. The van der Waals surface area contributed by atoms with E-state index in [4.69, 9.17) is 13.9 Å². The lowest BCUT2D eigenvalue weighted by atomic mass is 9.60. The van der Waals surface area contributed by atoms with Crippen molar-refractivity contribution < 1.29 is 23.4 Å². The summed E-state index contributed by atoms with van der Waals surface area (Å²) in [6.45, 7) is 14.1. The number of esters is 1. The van der Waals surface area contributed by atoms with E-state index in [1.807, 2.05) is 6.92 Å². The van der Waals surface area contributed by atoms with Crippen LogP contribution in [0.3, 0.4) is 0 Å². The predicted molar refractivity (Wildman–Crippen MR) is 107 cm³/mol. The Hall–Kier alpha value is -0.693. The van der Waals surface area contributed by atoms with Crippen LogP contribution in [0.15, 0.2) is 12.2 Å². The molecule has 0 amide bonds. The fourth-order valence-corrected chi connectivity index (χ4v) is 4.13. The average molecular weight is 387 g/mol. The molecule has 1 rings (SSSR count). The van der Waals surface area contributed by atoms with E-state index >= 15 is 0 Å². The minimum atomic E-state index is -0.701. The second-order valence-electron chi connectivity index (χ2n) is 8.95. The minimum Gasteiger partial charge on any atom is -0.469 e. The van der Waals surface area contributed by atoms with Gasteiger partial charge in [-0.3, -0.25) is 4.79 Å². The molecule has 0 radical (unpaired) electrons. The van der Waals surface area contributed by atoms with E-state index in [0.717, 1.165) is 19.3 Å². The van der Waals surface area contributed by atoms with Gasteiger partial charge in [0, 0.05) is 11.8 Å². The number of carbonyl (C=O) groups is 1. The molecule has 0 spiro atoms. The molecule has 1 aliphatic rings. The number of hydrogen-bond acceptors (Lipinski definition) is 5. The molecular weight excluding hydrogens is 348 g/mol. The summed E-state index contributed by atoms with van der Waals surface area (Å²) in [6.07, 6.45) is 7.33. The van der Waals surface area contributed by atoms with Crippen LogP contribution >= 0.6 is 0 Å². The number of carbonyl (C=O) groups excluding carboxylic acids is 1. The summed E-state index contributed by atoms with van der Waals surface area (Å²) in [4.78, 5) is 11.2. The molecule has 0 aromatic heterocycles. The molecule has 6 heteroatoms. The Bertz CT molecular complexity index is 501. The van der Waals surface area contributed by atoms with Gasteiger partial charge < -0.3 is 18.6 Å². The Labute approximate surface area is 162 Å². The van der Waals surface area contributed by atoms with Gasteiger partial charge in [-0.2, -0.15) is 0 Å². The first-order chi connectivity index (χ1) is 11.9. The number of allylic oxidation sites excluding steroid dienone is 2. The van der Waals surface area contributed by atoms with Crippen LogP contribution in [0.2, 0.25) is 0 Å². The van der Waals surface area contributed by atoms with Crippen molar-refractivity contribution in [1.29, 1.82) is 0 Å². The van der Waals surface area contributed by atoms with Gasteiger partial charge in [-0.1, -0.05) is 39.8 Å². The average Bonchev–Trinajstić information content (AvgIpc) is 2.54. The van der Waals surface area contributed by atoms with Gasteiger partial charge in [-0.05, 0) is 38.5 Å². The van der Waals surface area contributed by atoms with Crippen molar-refractivity contribution in [2.75, 3.05) is 20.3 Å². The van der Waals surface area contributed by atoms with Gasteiger partial charge >= 0.3 is 5.97 Å². The van der Waals surface area contributed by atoms with E-state index in [-0.39, 0.29) is 22.4 Å². The Balaban J connectivity index is 2.82. The topological polar surface area (TPSA) is 54.0 Å². The fourth-order valence-electron chi connectivity index (χ4n) is 3.61. The lowest BCUT2D eigenvalue weighted by Gasteiger charge is -2.60. The van der Waals surface area contributed by atoms with Crippen LogP contribution in [0.4, 0.5) is 0 Å². The molecule has 0 aromatic rings. The second-order valence-corrected chi connectivity index (χ2v) is 9.52. The van der Waals surface area contributed by atoms with Crippen LogP contribution in [0, 0.1) is 10.8 Å². The minimum absolute atomic E-state index is 0.0588. The largest absolute Gasteiger partial charge is 0.469 e. The van der Waals surface area contributed by atoms with Crippen LogP contribution in [0.25, 0.3) is 0 Å². The Morgan fingerprint density at radius 3 is 2.42 bits per heavy atom. The smallest absolute Gasteiger partial charge is 0.305 e. The molecule has 1 saturated heterocycles. The first-order valence-electron chi connectivity index (χ1n) is 9.48. The molecule has 152 valence electrons. The molecule has 0 N–H and O–H groups in total. The van der Waals surface area contributed by atoms with Crippen LogP contribution in [0.1, 0.15) is 67.2 Å². The zero-order valence-corrected chi connectivity index (χ0v) is 19.9. The molecule has 26 heavy (non-hydrogen) atoms. The van der Waals surface area contributed by atoms with E-state index in [0.29, 0.717) is 30.1 Å². The summed E-state index contributed by atoms with van der Waals surface area (Å²) in [5, 5.41) is 0. The van der Waals surface area contributed by atoms with Crippen molar-refractivity contribution in [1.82, 2.24) is 0 Å². The third-order valence-corrected chi connectivity index (χ3v) is 6.11. The first kappa shape index (κ1) is 23.3. The summed E-state index contributed by atoms with van der Waals surface area (Å²) < 4.78 is 22.8. The van der Waals surface area contributed by atoms with Gasteiger partial charge in [0.25, 0.3) is 0 Å². The standard InChI is InChI=1S/C20H38O5Si/c1-17(2,3)20(6)18(4,14-23-19(5,25-20)15-24-26)13-11-9-8-10-12-16(21)22-7/h9,11H,8,10,12-15H2,1-7,26H3/b11-9-. The molecule has 0 saturated carbocycles. The molecular formula is C20H38O5Si. The SMILES string of the molecule is COC(=O)CCC/C=C\CC1(C)COC(C)(CO[SiH3])OC1(C)C(C)(C)C. The zero-order chi connectivity index (χ0) is 20.1. The van der Waals surface area contributed by atoms with Crippen LogP contribution < -0.4 is 0 Å². The number of methoxy groups -OCH3 is 1. The van der Waals surface area contributed by atoms with E-state index in [1.54, 1.807) is 0 Å². The van der Waals surface area contributed by atoms with E-state index < -0.39 is 5.79 Å². The number of hydrogen-bond donors (Lipinski definition) is 0. The quantitative estimate of drug-likeness (QED) is 0.278. The maximum atomic E-state index is 11.2. The second kappa shape index (κ2) is 9.00. The third kappa shape index (κ3) is 5.41. The van der Waals surface area contributed by atoms with E-state index in [2.05, 4.69) is 51.5 Å². The fraction of sp³-hybridized carbons (Fsp3) is 0.850. The first-order valence-corrected chi connectivity index (χ1v) is 10.3. The molecule has 3 unspecified atom stereocenters. The Kier molecular flexibility index (Phi) is 8.08. The Morgan fingerprint density at radius 2 is 1.88 bits per heavy atom. The monoisotopic (exact) mass is 386 g/mol. The molecule has 0 aliphatic carbocycles. The predicted octanol–water partition coefficient (Wildman–Crippen LogP) is 3.15. The molecule has 0 bridgehead atoms. The maximum absolute atomic E-state index is 11.2. The maximum Gasteiger partial charge on any atom is 0.305 e. The normalized spacial score (nSPS) is 32.9. The van der Waals surface area contributed by atoms with Crippen molar-refractivity contribution in [2.45, 2.75) is 78.6 Å². The van der Waals surface area contributed by atoms with Crippen LogP contribution in [-0.4, -0.2) is 48.2 Å². The molecule has 1 heterocycles. The highest BCUT2D eigenvalue weighted by Gasteiger charge is 2.59. The van der Waals surface area contributed by atoms with Crippen molar-refractivity contribution in [3.63, 3.8) is 0 Å². The zero-order valence-electron chi connectivity index (χ0n) is 17.9. The van der Waals surface area contributed by atoms with Crippen LogP contribution in [0.5, 0.6) is 0 Å². The van der Waals surface area contributed by atoms with E-state index in [9.17, 15) is 4.79 Å². The van der Waals surface area contributed by atoms with Crippen molar-refractivity contribution in [2.24, 2.45) is 10.8 Å². The molecule has 5 nitrogen and oxygen atoms in total. The molecule has 1 aliphatic heterocycles. The summed E-state index contributed by atoms with van der Waals surface area (Å²) in [5.74, 6) is -0.853. The summed E-state index contributed by atoms with van der Waals surface area (Å²) in [7, 11) is 2.09. The highest BCUT2D eigenvalue weighted by Crippen LogP contribution is 2.54. The van der Waals surface area contributed by atoms with Crippen molar-refractivity contribution in [3.05, 3.63) is 12.2 Å². The summed E-state index contributed by atoms with van der Waals surface area (Å²) in [6, 6.07) is 0. The van der Waals surface area contributed by atoms with Crippen molar-refractivity contribution in [3.8, 4) is 0 Å². The number of ether oxygens (including phenoxy) is 3. The molecule has 1 fully saturated rings. The lowest BCUT2D eigenvalue weighted by molar-refractivity contribution is -0.385. The molecule has 3 atom stereocenters. The summed E-state index contributed by atoms with van der Waals surface area (Å²) >= 11 is 0. The summed E-state index contributed by atoms with van der Waals surface area (Å²) in [5.41, 5.74) is -0.588. The van der Waals surface area contributed by atoms with Crippen molar-refractivity contribution >= 4 is 16.5 Å². The van der Waals surface area contributed by atoms with Gasteiger partial charge in [0.1, 0.15) is 10.5 Å². The van der Waals surface area contributed by atoms with E-state index in [1.165, 1.54) is 7.11 Å². The Morgan fingerprint density at radius 1 is 1.23 bits per heavy atom. The van der Waals surface area contributed by atoms with Gasteiger partial charge in [0.2, 0.25) is 0 Å². The number of unbranched alkanes of at least 4 members (excludes halogenated alkanes) is 1. The van der Waals surface area contributed by atoms with Gasteiger partial charge in [-0.25, -0.2) is 0 Å². The third-order valence-electron chi connectivity index (χ3n) is 5.82. The lowest BCUT2D eigenvalue weighted by Crippen LogP contribution is -2.66. The highest BCUT2D eigenvalue weighted by atomic mass is 28.2. The molecule has 0 aromatic carbocycles. The van der Waals surface area contributed by atoms with Crippen LogP contribution in [-0.2, 0) is 23.4 Å². The van der Waals surface area contributed by atoms with Gasteiger partial charge in [-0.15, -0.1) is 0 Å². The van der Waals surface area contributed by atoms with Gasteiger partial charge in [0.05, 0.1) is 25.9 Å².